The van der Waals surface area contributed by atoms with Crippen LogP contribution in [0.25, 0.3) is 0 Å². The smallest absolute Gasteiger partial charge is 0.286 e. The van der Waals surface area contributed by atoms with Gasteiger partial charge in [-0.25, -0.2) is 0 Å². The van der Waals surface area contributed by atoms with Crippen molar-refractivity contribution in [1.29, 1.82) is 0 Å². The number of nitrogen functional groups attached to an aromatic ring is 1. The number of aliphatic hydroxyl groups is 1. The highest BCUT2D eigenvalue weighted by Crippen LogP contribution is 1.91. The molecular weight excluding hydrogens is 120 g/mol. The van der Waals surface area contributed by atoms with Gasteiger partial charge in [0.2, 0.25) is 12.6 Å². The molecule has 0 aliphatic heterocycles. The Bertz CT molecular complexity index is 194. The van der Waals surface area contributed by atoms with Crippen LogP contribution < -0.4 is 10.5 Å². The molecule has 0 aliphatic rings. The average Bonchev–Trinajstić information content (AvgIpc) is 2.14. The van der Waals surface area contributed by atoms with Crippen LogP contribution in [0.2, 0.25) is 0 Å². The Morgan fingerprint density at radius 1 is 1.89 bits per heavy atom. The van der Waals surface area contributed by atoms with Gasteiger partial charge in [0.05, 0.1) is 0 Å². The minimum absolute atomic E-state index is 0.616. The van der Waals surface area contributed by atoms with Gasteiger partial charge in [0.1, 0.15) is 0 Å². The Kier molecular flexibility index (Phi) is 1.35. The Morgan fingerprint density at radius 2 is 2.56 bits per heavy atom. The van der Waals surface area contributed by atoms with E-state index in [1.165, 1.54) is 22.0 Å². The van der Waals surface area contributed by atoms with Crippen LogP contribution in [0.5, 0.6) is 0 Å². The quantitative estimate of drug-likeness (QED) is 0.354. The molecule has 0 spiro atoms. The molecule has 1 aromatic heterocycles. The fourth-order valence-electron chi connectivity index (χ4n) is 0.508. The first-order chi connectivity index (χ1) is 4.20. The molecule has 0 saturated carbocycles. The van der Waals surface area contributed by atoms with E-state index in [2.05, 4.69) is 5.10 Å². The van der Waals surface area contributed by atoms with Crippen LogP contribution in [0, 0.1) is 0 Å². The zero-order valence-electron chi connectivity index (χ0n) is 5.10. The molecule has 50 valence electrons. The summed E-state index contributed by atoms with van der Waals surface area (Å²) in [5, 5.41) is 12.6. The zero-order chi connectivity index (χ0) is 6.85. The molecule has 1 heterocycles. The van der Waals surface area contributed by atoms with E-state index in [1.807, 2.05) is 0 Å². The predicted molar refractivity (Wildman–Crippen MR) is 29.5 cm³/mol. The second-order valence-electron chi connectivity index (χ2n) is 1.81. The molecule has 0 aromatic carbocycles. The summed E-state index contributed by atoms with van der Waals surface area (Å²) < 4.78 is 2.62. The van der Waals surface area contributed by atoms with Crippen LogP contribution in [0.1, 0.15) is 13.2 Å². The van der Waals surface area contributed by atoms with Gasteiger partial charge in [0, 0.05) is 5.10 Å². The molecule has 0 bridgehead atoms. The minimum atomic E-state index is -0.616. The highest BCUT2D eigenvalue weighted by Gasteiger charge is 2.07. The number of nitrogens with zero attached hydrogens (tertiary/aromatic N) is 3. The molecule has 5 nitrogen and oxygen atoms in total. The number of hydrogen-bond donors (Lipinski definition) is 2. The second kappa shape index (κ2) is 2.02. The Labute approximate surface area is 52.3 Å². The van der Waals surface area contributed by atoms with Crippen molar-refractivity contribution in [3.8, 4) is 0 Å². The van der Waals surface area contributed by atoms with Crippen molar-refractivity contribution in [2.24, 2.45) is 0 Å². The molecule has 1 aromatic rings. The van der Waals surface area contributed by atoms with Gasteiger partial charge in [0.25, 0.3) is 6.33 Å². The maximum Gasteiger partial charge on any atom is 0.286 e. The number of rotatable bonds is 1. The molecule has 9 heavy (non-hydrogen) atoms. The van der Waals surface area contributed by atoms with E-state index in [0.717, 1.165) is 0 Å². The number of aliphatic hydroxyl groups excluding tert-OH is 1. The summed E-state index contributed by atoms with van der Waals surface area (Å²) in [6.45, 7) is 1.60. The van der Waals surface area contributed by atoms with E-state index in [-0.39, 0.29) is 0 Å². The van der Waals surface area contributed by atoms with Crippen LogP contribution in [-0.2, 0) is 0 Å². The molecule has 1 rings (SSSR count). The Morgan fingerprint density at radius 3 is 2.78 bits per heavy atom. The summed E-state index contributed by atoms with van der Waals surface area (Å²) in [5.74, 6) is 5.24. The lowest BCUT2D eigenvalue weighted by Crippen LogP contribution is -2.42. The fraction of sp³-hybridized carbons (Fsp3) is 0.500. The van der Waals surface area contributed by atoms with Gasteiger partial charge in [-0.2, -0.15) is 0 Å². The van der Waals surface area contributed by atoms with Crippen molar-refractivity contribution in [2.75, 3.05) is 5.84 Å². The van der Waals surface area contributed by atoms with Crippen LogP contribution in [-0.4, -0.2) is 14.9 Å². The molecule has 0 aliphatic carbocycles. The van der Waals surface area contributed by atoms with Crippen molar-refractivity contribution < 1.29 is 9.78 Å². The van der Waals surface area contributed by atoms with Gasteiger partial charge < -0.3 is 5.11 Å². The minimum Gasteiger partial charge on any atom is -0.359 e. The topological polar surface area (TPSA) is 68.0 Å². The lowest BCUT2D eigenvalue weighted by Gasteiger charge is -1.91. The summed E-state index contributed by atoms with van der Waals surface area (Å²) in [7, 11) is 0. The third kappa shape index (κ3) is 1.17. The van der Waals surface area contributed by atoms with E-state index >= 15 is 0 Å². The summed E-state index contributed by atoms with van der Waals surface area (Å²) in [5.41, 5.74) is 0. The SMILES string of the molecule is CC(O)n1c[n+](N)cn1. The molecule has 0 fully saturated rings. The van der Waals surface area contributed by atoms with Gasteiger partial charge >= 0.3 is 0 Å². The van der Waals surface area contributed by atoms with Crippen molar-refractivity contribution in [2.45, 2.75) is 13.2 Å². The van der Waals surface area contributed by atoms with Gasteiger partial charge in [-0.05, 0) is 6.92 Å². The van der Waals surface area contributed by atoms with Crippen LogP contribution in [0.15, 0.2) is 12.7 Å². The molecule has 0 radical (unpaired) electrons. The van der Waals surface area contributed by atoms with Gasteiger partial charge in [-0.15, -0.1) is 4.68 Å². The Hall–Kier alpha value is -1.10. The molecule has 1 atom stereocenters. The number of nitrogens with two attached hydrogens (primary N) is 1. The predicted octanol–water partition coefficient (Wildman–Crippen LogP) is -1.60. The molecule has 0 saturated heterocycles. The van der Waals surface area contributed by atoms with Gasteiger partial charge in [-0.3, -0.25) is 5.84 Å². The van der Waals surface area contributed by atoms with Crippen molar-refractivity contribution in [3.05, 3.63) is 12.7 Å². The summed E-state index contributed by atoms with van der Waals surface area (Å²) in [4.78, 5) is 0. The first-order valence-electron chi connectivity index (χ1n) is 2.58. The summed E-state index contributed by atoms with van der Waals surface area (Å²) >= 11 is 0. The Balaban J connectivity index is 2.85. The van der Waals surface area contributed by atoms with Crippen LogP contribution in [0.3, 0.4) is 0 Å². The van der Waals surface area contributed by atoms with E-state index in [4.69, 9.17) is 10.9 Å². The lowest BCUT2D eigenvalue weighted by molar-refractivity contribution is -0.640. The second-order valence-corrected chi connectivity index (χ2v) is 1.81. The molecule has 0 amide bonds. The van der Waals surface area contributed by atoms with E-state index in [0.29, 0.717) is 0 Å². The normalized spacial score (nSPS) is 13.6. The molecular formula is C4H9N4O+. The summed E-state index contributed by atoms with van der Waals surface area (Å²) in [6, 6.07) is 0. The first-order valence-corrected chi connectivity index (χ1v) is 2.58. The van der Waals surface area contributed by atoms with Crippen molar-refractivity contribution in [3.63, 3.8) is 0 Å². The van der Waals surface area contributed by atoms with Crippen LogP contribution in [0.4, 0.5) is 0 Å². The number of hydrogen-bond acceptors (Lipinski definition) is 3. The maximum atomic E-state index is 8.87. The van der Waals surface area contributed by atoms with Crippen molar-refractivity contribution in [1.82, 2.24) is 9.78 Å². The van der Waals surface area contributed by atoms with Gasteiger partial charge in [-0.1, -0.05) is 4.68 Å². The molecule has 3 N–H and O–H groups in total. The zero-order valence-corrected chi connectivity index (χ0v) is 5.10. The van der Waals surface area contributed by atoms with E-state index in [9.17, 15) is 0 Å². The monoisotopic (exact) mass is 129 g/mol. The van der Waals surface area contributed by atoms with Crippen molar-refractivity contribution >= 4 is 0 Å². The highest BCUT2D eigenvalue weighted by molar-refractivity contribution is 4.46. The fourth-order valence-corrected chi connectivity index (χ4v) is 0.508. The van der Waals surface area contributed by atoms with E-state index in [1.54, 1.807) is 6.92 Å². The summed E-state index contributed by atoms with van der Waals surface area (Å²) in [6.07, 6.45) is 2.28. The highest BCUT2D eigenvalue weighted by atomic mass is 16.3. The van der Waals surface area contributed by atoms with Gasteiger partial charge in [0.15, 0.2) is 0 Å². The average molecular weight is 129 g/mol. The standard InChI is InChI=1S/C4H9N4O/c1-4(9)8-3-7(5)2-6-8/h2-4,9H,5H2,1H3/q+1. The largest absolute Gasteiger partial charge is 0.359 e. The van der Waals surface area contributed by atoms with E-state index < -0.39 is 6.23 Å². The molecule has 5 heteroatoms. The maximum absolute atomic E-state index is 8.87. The lowest BCUT2D eigenvalue weighted by atomic mass is 10.7. The third-order valence-electron chi connectivity index (χ3n) is 0.953. The first kappa shape index (κ1) is 6.03. The molecule has 1 unspecified atom stereocenters. The number of aromatic nitrogens is 3. The van der Waals surface area contributed by atoms with Crippen LogP contribution >= 0.6 is 0 Å². The third-order valence-corrected chi connectivity index (χ3v) is 0.953.